The zero-order valence-electron chi connectivity index (χ0n) is 10.9. The number of H-pyrrole nitrogens is 2. The van der Waals surface area contributed by atoms with E-state index in [2.05, 4.69) is 15.3 Å². The van der Waals surface area contributed by atoms with E-state index >= 15 is 0 Å². The SMILES string of the molecule is CC(C)(CNC(=O)CO)c1ccc2[nH]c(=O)[nH]c2c1. The van der Waals surface area contributed by atoms with Crippen molar-refractivity contribution in [2.24, 2.45) is 0 Å². The lowest BCUT2D eigenvalue weighted by Crippen LogP contribution is -2.37. The third kappa shape index (κ3) is 2.85. The van der Waals surface area contributed by atoms with Crippen molar-refractivity contribution in [1.29, 1.82) is 0 Å². The summed E-state index contributed by atoms with van der Waals surface area (Å²) in [5.41, 5.74) is 1.95. The van der Waals surface area contributed by atoms with Gasteiger partial charge >= 0.3 is 5.69 Å². The molecule has 0 saturated carbocycles. The van der Waals surface area contributed by atoms with Crippen LogP contribution in [-0.2, 0) is 10.2 Å². The highest BCUT2D eigenvalue weighted by Gasteiger charge is 2.21. The Morgan fingerprint density at radius 1 is 1.32 bits per heavy atom. The average Bonchev–Trinajstić information content (AvgIpc) is 2.74. The van der Waals surface area contributed by atoms with Gasteiger partial charge in [-0.25, -0.2) is 4.79 Å². The minimum Gasteiger partial charge on any atom is -0.387 e. The van der Waals surface area contributed by atoms with Gasteiger partial charge < -0.3 is 20.4 Å². The zero-order valence-corrected chi connectivity index (χ0v) is 10.9. The van der Waals surface area contributed by atoms with E-state index in [0.29, 0.717) is 6.54 Å². The molecule has 102 valence electrons. The lowest BCUT2D eigenvalue weighted by molar-refractivity contribution is -0.124. The first-order chi connectivity index (χ1) is 8.92. The number of benzene rings is 1. The van der Waals surface area contributed by atoms with Crippen LogP contribution >= 0.6 is 0 Å². The molecule has 2 rings (SSSR count). The molecule has 6 nitrogen and oxygen atoms in total. The molecule has 1 aromatic carbocycles. The number of aromatic amines is 2. The van der Waals surface area contributed by atoms with E-state index in [-0.39, 0.29) is 11.1 Å². The van der Waals surface area contributed by atoms with Crippen LogP contribution in [0.1, 0.15) is 19.4 Å². The number of aromatic nitrogens is 2. The number of carbonyl (C=O) groups is 1. The molecular weight excluding hydrogens is 246 g/mol. The van der Waals surface area contributed by atoms with Crippen LogP contribution in [0.2, 0.25) is 0 Å². The molecule has 0 saturated heterocycles. The smallest absolute Gasteiger partial charge is 0.323 e. The van der Waals surface area contributed by atoms with Gasteiger partial charge in [-0.1, -0.05) is 19.9 Å². The van der Waals surface area contributed by atoms with Crippen LogP contribution in [0.25, 0.3) is 11.0 Å². The lowest BCUT2D eigenvalue weighted by atomic mass is 9.84. The molecular formula is C13H17N3O3. The van der Waals surface area contributed by atoms with Gasteiger partial charge in [-0.15, -0.1) is 0 Å². The summed E-state index contributed by atoms with van der Waals surface area (Å²) in [6.45, 7) is 3.86. The van der Waals surface area contributed by atoms with E-state index < -0.39 is 12.5 Å². The van der Waals surface area contributed by atoms with Crippen molar-refractivity contribution in [2.75, 3.05) is 13.2 Å². The Balaban J connectivity index is 2.26. The van der Waals surface area contributed by atoms with E-state index in [9.17, 15) is 9.59 Å². The Hall–Kier alpha value is -2.08. The molecule has 2 aromatic rings. The van der Waals surface area contributed by atoms with E-state index in [1.54, 1.807) is 0 Å². The van der Waals surface area contributed by atoms with Gasteiger partial charge in [0.1, 0.15) is 6.61 Å². The molecule has 0 radical (unpaired) electrons. The quantitative estimate of drug-likeness (QED) is 0.636. The van der Waals surface area contributed by atoms with Gasteiger partial charge in [-0.05, 0) is 17.7 Å². The van der Waals surface area contributed by atoms with Crippen LogP contribution in [-0.4, -0.2) is 34.1 Å². The number of carbonyl (C=O) groups excluding carboxylic acids is 1. The van der Waals surface area contributed by atoms with Gasteiger partial charge in [0.15, 0.2) is 0 Å². The Bertz CT molecular complexity index is 654. The topological polar surface area (TPSA) is 98.0 Å². The minimum atomic E-state index is -0.514. The number of nitrogens with one attached hydrogen (secondary N) is 3. The minimum absolute atomic E-state index is 0.237. The number of hydrogen-bond acceptors (Lipinski definition) is 3. The molecule has 0 spiro atoms. The zero-order chi connectivity index (χ0) is 14.0. The van der Waals surface area contributed by atoms with Crippen molar-refractivity contribution >= 4 is 16.9 Å². The molecule has 0 aliphatic heterocycles. The molecule has 0 fully saturated rings. The van der Waals surface area contributed by atoms with Gasteiger partial charge in [0.2, 0.25) is 5.91 Å². The maximum atomic E-state index is 11.2. The van der Waals surface area contributed by atoms with Gasteiger partial charge in [0.05, 0.1) is 11.0 Å². The molecule has 19 heavy (non-hydrogen) atoms. The summed E-state index contributed by atoms with van der Waals surface area (Å²) < 4.78 is 0. The lowest BCUT2D eigenvalue weighted by Gasteiger charge is -2.25. The van der Waals surface area contributed by atoms with Crippen LogP contribution in [0.15, 0.2) is 23.0 Å². The number of hydrogen-bond donors (Lipinski definition) is 4. The number of imidazole rings is 1. The maximum Gasteiger partial charge on any atom is 0.323 e. The molecule has 0 bridgehead atoms. The van der Waals surface area contributed by atoms with E-state index in [1.165, 1.54) is 0 Å². The summed E-state index contributed by atoms with van der Waals surface area (Å²) in [5.74, 6) is -0.399. The summed E-state index contributed by atoms with van der Waals surface area (Å²) >= 11 is 0. The highest BCUT2D eigenvalue weighted by atomic mass is 16.3. The highest BCUT2D eigenvalue weighted by molar-refractivity contribution is 5.77. The molecule has 1 amide bonds. The Labute approximate surface area is 109 Å². The number of aliphatic hydroxyl groups is 1. The summed E-state index contributed by atoms with van der Waals surface area (Å²) in [7, 11) is 0. The third-order valence-corrected chi connectivity index (χ3v) is 3.17. The molecule has 6 heteroatoms. The molecule has 0 atom stereocenters. The van der Waals surface area contributed by atoms with Crippen molar-refractivity contribution in [3.8, 4) is 0 Å². The third-order valence-electron chi connectivity index (χ3n) is 3.17. The summed E-state index contributed by atoms with van der Waals surface area (Å²) in [6, 6.07) is 5.63. The van der Waals surface area contributed by atoms with Gasteiger partial charge in [-0.2, -0.15) is 0 Å². The first-order valence-electron chi connectivity index (χ1n) is 6.02. The second kappa shape index (κ2) is 4.89. The fourth-order valence-corrected chi connectivity index (χ4v) is 1.93. The monoisotopic (exact) mass is 263 g/mol. The van der Waals surface area contributed by atoms with Crippen LogP contribution in [0.5, 0.6) is 0 Å². The Morgan fingerprint density at radius 2 is 2.00 bits per heavy atom. The Morgan fingerprint density at radius 3 is 2.68 bits per heavy atom. The first kappa shape index (κ1) is 13.4. The van der Waals surface area contributed by atoms with Crippen molar-refractivity contribution in [1.82, 2.24) is 15.3 Å². The molecule has 0 unspecified atom stereocenters. The van der Waals surface area contributed by atoms with Crippen LogP contribution in [0.3, 0.4) is 0 Å². The maximum absolute atomic E-state index is 11.2. The predicted molar refractivity (Wildman–Crippen MR) is 72.0 cm³/mol. The highest BCUT2D eigenvalue weighted by Crippen LogP contribution is 2.24. The second-order valence-corrected chi connectivity index (χ2v) is 5.16. The molecule has 1 heterocycles. The van der Waals surface area contributed by atoms with Gasteiger partial charge in [0, 0.05) is 12.0 Å². The molecule has 0 aliphatic rings. The number of rotatable bonds is 4. The summed E-state index contributed by atoms with van der Waals surface area (Å²) in [4.78, 5) is 27.7. The number of amides is 1. The van der Waals surface area contributed by atoms with E-state index in [4.69, 9.17) is 5.11 Å². The van der Waals surface area contributed by atoms with Crippen LogP contribution < -0.4 is 11.0 Å². The Kier molecular flexibility index (Phi) is 3.44. The molecule has 4 N–H and O–H groups in total. The fraction of sp³-hybridized carbons (Fsp3) is 0.385. The van der Waals surface area contributed by atoms with Crippen molar-refractivity contribution in [3.63, 3.8) is 0 Å². The normalized spacial score (nSPS) is 11.7. The van der Waals surface area contributed by atoms with Crippen LogP contribution in [0, 0.1) is 0 Å². The largest absolute Gasteiger partial charge is 0.387 e. The summed E-state index contributed by atoms with van der Waals surface area (Å²) in [5, 5.41) is 11.3. The van der Waals surface area contributed by atoms with Gasteiger partial charge in [0.25, 0.3) is 0 Å². The number of aliphatic hydroxyl groups excluding tert-OH is 1. The summed E-state index contributed by atoms with van der Waals surface area (Å²) in [6.07, 6.45) is 0. The van der Waals surface area contributed by atoms with Gasteiger partial charge in [-0.3, -0.25) is 4.79 Å². The predicted octanol–water partition coefficient (Wildman–Crippen LogP) is 0.242. The fourth-order valence-electron chi connectivity index (χ4n) is 1.93. The standard InChI is InChI=1S/C13H17N3O3/c1-13(2,7-14-11(18)6-17)8-3-4-9-10(5-8)16-12(19)15-9/h3-5,17H,6-7H2,1-2H3,(H,14,18)(H2,15,16,19). The molecule has 0 aliphatic carbocycles. The van der Waals surface area contributed by atoms with Crippen molar-refractivity contribution in [2.45, 2.75) is 19.3 Å². The number of fused-ring (bicyclic) bond motifs is 1. The van der Waals surface area contributed by atoms with E-state index in [1.807, 2.05) is 32.0 Å². The van der Waals surface area contributed by atoms with Crippen LogP contribution in [0.4, 0.5) is 0 Å². The van der Waals surface area contributed by atoms with Crippen molar-refractivity contribution < 1.29 is 9.90 Å². The van der Waals surface area contributed by atoms with Crippen molar-refractivity contribution in [3.05, 3.63) is 34.2 Å². The molecule has 1 aromatic heterocycles. The van der Waals surface area contributed by atoms with E-state index in [0.717, 1.165) is 16.6 Å². The second-order valence-electron chi connectivity index (χ2n) is 5.16. The average molecular weight is 263 g/mol. The first-order valence-corrected chi connectivity index (χ1v) is 6.02.